The fraction of sp³-hybridized carbons (Fsp3) is 0.250. The van der Waals surface area contributed by atoms with Gasteiger partial charge in [0, 0.05) is 0 Å². The summed E-state index contributed by atoms with van der Waals surface area (Å²) in [5, 5.41) is 2.81. The quantitative estimate of drug-likeness (QED) is 0.397. The van der Waals surface area contributed by atoms with E-state index < -0.39 is 0 Å². The Morgan fingerprint density at radius 1 is 1.20 bits per heavy atom. The van der Waals surface area contributed by atoms with Crippen molar-refractivity contribution in [2.45, 2.75) is 20.3 Å². The number of hydrogen-bond donors (Lipinski definition) is 0. The van der Waals surface area contributed by atoms with E-state index in [0.29, 0.717) is 0 Å². The van der Waals surface area contributed by atoms with Gasteiger partial charge < -0.3 is 24.8 Å². The molecule has 0 fully saturated rings. The minimum absolute atomic E-state index is 0. The molecule has 79 valence electrons. The second kappa shape index (κ2) is 7.41. The van der Waals surface area contributed by atoms with Gasteiger partial charge in [-0.2, -0.15) is 6.07 Å². The molecule has 15 heavy (non-hydrogen) atoms. The van der Waals surface area contributed by atoms with Crippen LogP contribution in [-0.4, -0.2) is 0 Å². The predicted octanol–water partition coefficient (Wildman–Crippen LogP) is -2.56. The third-order valence-electron chi connectivity index (χ3n) is 2.37. The Kier molecular flexibility index (Phi) is 8.65. The third-order valence-corrected chi connectivity index (χ3v) is 2.37. The molecule has 2 aromatic carbocycles. The van der Waals surface area contributed by atoms with E-state index in [9.17, 15) is 0 Å². The fourth-order valence-corrected chi connectivity index (χ4v) is 1.76. The summed E-state index contributed by atoms with van der Waals surface area (Å²) in [7, 11) is 0. The van der Waals surface area contributed by atoms with Gasteiger partial charge in [-0.05, 0) is 6.42 Å². The summed E-state index contributed by atoms with van der Waals surface area (Å²) in [6, 6.07) is 11.0. The van der Waals surface area contributed by atoms with Gasteiger partial charge in [-0.1, -0.05) is 25.5 Å². The van der Waals surface area contributed by atoms with Gasteiger partial charge in [-0.15, -0.1) is 34.5 Å². The van der Waals surface area contributed by atoms with Gasteiger partial charge in [0.1, 0.15) is 0 Å². The second-order valence-electron chi connectivity index (χ2n) is 3.31. The topological polar surface area (TPSA) is 0 Å². The first-order valence-corrected chi connectivity index (χ1v) is 4.46. The van der Waals surface area contributed by atoms with E-state index in [0.717, 1.165) is 6.42 Å². The van der Waals surface area contributed by atoms with Gasteiger partial charge >= 0.3 is 21.7 Å². The molecule has 0 atom stereocenters. The van der Waals surface area contributed by atoms with E-state index >= 15 is 0 Å². The van der Waals surface area contributed by atoms with Gasteiger partial charge in [0.05, 0.1) is 0 Å². The largest absolute Gasteiger partial charge is 3.00 e. The van der Waals surface area contributed by atoms with Crippen LogP contribution in [0.15, 0.2) is 30.3 Å². The predicted molar refractivity (Wildman–Crippen MR) is 53.7 cm³/mol. The van der Waals surface area contributed by atoms with Crippen LogP contribution in [0.4, 0.5) is 0 Å². The number of rotatable bonds is 1. The zero-order chi connectivity index (χ0) is 8.55. The van der Waals surface area contributed by atoms with E-state index in [1.165, 1.54) is 21.9 Å². The molecule has 0 unspecified atom stereocenters. The summed E-state index contributed by atoms with van der Waals surface area (Å²) in [6.45, 7) is 4.36. The average Bonchev–Trinajstić information content (AvgIpc) is 2.44. The minimum atomic E-state index is 0. The van der Waals surface area contributed by atoms with Crippen LogP contribution in [0.25, 0.3) is 10.8 Å². The van der Waals surface area contributed by atoms with E-state index in [-0.39, 0.29) is 46.5 Å². The molecular formula is C12H13Cl2Ti. The molecule has 0 amide bonds. The van der Waals surface area contributed by atoms with Gasteiger partial charge in [-0.25, -0.2) is 0 Å². The molecule has 2 aromatic rings. The van der Waals surface area contributed by atoms with Gasteiger partial charge in [0.25, 0.3) is 0 Å². The molecule has 0 aliphatic heterocycles. The SMILES string of the molecule is CCc1cccc2[cH-]c(C)cc12.[Cl-].[Cl-].[Ti+3]. The van der Waals surface area contributed by atoms with Crippen molar-refractivity contribution in [1.29, 1.82) is 0 Å². The van der Waals surface area contributed by atoms with Crippen LogP contribution in [0.5, 0.6) is 0 Å². The first kappa shape index (κ1) is 17.5. The average molecular weight is 276 g/mol. The van der Waals surface area contributed by atoms with E-state index in [1.54, 1.807) is 0 Å². The summed E-state index contributed by atoms with van der Waals surface area (Å²) < 4.78 is 0. The van der Waals surface area contributed by atoms with Crippen LogP contribution in [0.2, 0.25) is 0 Å². The molecule has 0 aliphatic rings. The molecule has 0 bridgehead atoms. The van der Waals surface area contributed by atoms with Gasteiger partial charge in [-0.3, -0.25) is 0 Å². The molecule has 0 heterocycles. The second-order valence-corrected chi connectivity index (χ2v) is 3.31. The third kappa shape index (κ3) is 3.57. The van der Waals surface area contributed by atoms with Crippen LogP contribution in [0, 0.1) is 6.92 Å². The number of halogens is 2. The van der Waals surface area contributed by atoms with E-state index in [2.05, 4.69) is 44.2 Å². The number of hydrogen-bond acceptors (Lipinski definition) is 0. The molecule has 0 aliphatic carbocycles. The maximum Gasteiger partial charge on any atom is 3.00 e. The maximum absolute atomic E-state index is 2.27. The molecular weight excluding hydrogens is 263 g/mol. The van der Waals surface area contributed by atoms with Crippen LogP contribution in [0.3, 0.4) is 0 Å². The zero-order valence-corrected chi connectivity index (χ0v) is 11.9. The molecule has 1 radical (unpaired) electrons. The Bertz CT molecular complexity index is 407. The Balaban J connectivity index is 0. The molecule has 0 aromatic heterocycles. The number of fused-ring (bicyclic) bond motifs is 1. The van der Waals surface area contributed by atoms with Gasteiger partial charge in [0.15, 0.2) is 0 Å². The summed E-state index contributed by atoms with van der Waals surface area (Å²) in [5.74, 6) is 0. The first-order chi connectivity index (χ1) is 5.81. The maximum atomic E-state index is 2.27. The first-order valence-electron chi connectivity index (χ1n) is 4.46. The Hall–Kier alpha value is 0.124. The molecule has 0 N–H and O–H groups in total. The van der Waals surface area contributed by atoms with Crippen LogP contribution in [-0.2, 0) is 28.1 Å². The fourth-order valence-electron chi connectivity index (χ4n) is 1.76. The zero-order valence-electron chi connectivity index (χ0n) is 8.85. The van der Waals surface area contributed by atoms with Crippen LogP contribution in [0.1, 0.15) is 18.1 Å². The monoisotopic (exact) mass is 275 g/mol. The molecule has 0 nitrogen and oxygen atoms in total. The van der Waals surface area contributed by atoms with Gasteiger partial charge in [0.2, 0.25) is 0 Å². The van der Waals surface area contributed by atoms with Crippen molar-refractivity contribution in [3.05, 3.63) is 41.5 Å². The number of benzene rings is 1. The van der Waals surface area contributed by atoms with Crippen LogP contribution < -0.4 is 24.8 Å². The molecule has 2 rings (SSSR count). The Morgan fingerprint density at radius 2 is 1.87 bits per heavy atom. The molecule has 0 spiro atoms. The summed E-state index contributed by atoms with van der Waals surface area (Å²) in [4.78, 5) is 0. The van der Waals surface area contributed by atoms with Crippen molar-refractivity contribution in [3.63, 3.8) is 0 Å². The minimum Gasteiger partial charge on any atom is -1.00 e. The smallest absolute Gasteiger partial charge is 1.00 e. The van der Waals surface area contributed by atoms with E-state index in [1.807, 2.05) is 0 Å². The van der Waals surface area contributed by atoms with Crippen molar-refractivity contribution in [2.75, 3.05) is 0 Å². The summed E-state index contributed by atoms with van der Waals surface area (Å²) >= 11 is 0. The van der Waals surface area contributed by atoms with Crippen molar-refractivity contribution < 1.29 is 46.5 Å². The van der Waals surface area contributed by atoms with Crippen LogP contribution >= 0.6 is 0 Å². The summed E-state index contributed by atoms with van der Waals surface area (Å²) in [6.07, 6.45) is 1.13. The van der Waals surface area contributed by atoms with Crippen molar-refractivity contribution >= 4 is 10.8 Å². The standard InChI is InChI=1S/C12H13.2ClH.Ti/c1-3-10-5-4-6-11-7-9(2)8-12(10)11;;;/h4-8H,3H2,1-2H3;2*1H;/q-1;;;+3/p-2. The molecule has 0 saturated carbocycles. The normalized spacial score (nSPS) is 8.67. The van der Waals surface area contributed by atoms with Crippen molar-refractivity contribution in [1.82, 2.24) is 0 Å². The Labute approximate surface area is 119 Å². The Morgan fingerprint density at radius 3 is 2.47 bits per heavy atom. The number of aryl methyl sites for hydroxylation is 2. The van der Waals surface area contributed by atoms with Crippen molar-refractivity contribution in [2.24, 2.45) is 0 Å². The molecule has 0 saturated heterocycles. The summed E-state index contributed by atoms with van der Waals surface area (Å²) in [5.41, 5.74) is 2.83. The molecule has 3 heteroatoms. The van der Waals surface area contributed by atoms with Crippen molar-refractivity contribution in [3.8, 4) is 0 Å². The van der Waals surface area contributed by atoms with E-state index in [4.69, 9.17) is 0 Å².